The standard InChI is InChI=1S/C6H13O8P/c7-1-3-5(8)6(9)4(14-3)2-13-15(10,11)12/h3-9H,1-2H2,(H2,10,11,12)/t3-,4+,5-,6?/m0/s1. The van der Waals surface area contributed by atoms with E-state index < -0.39 is 45.5 Å². The molecule has 9 heteroatoms. The second-order valence-electron chi connectivity index (χ2n) is 3.16. The molecular formula is C6H13O8P. The number of aliphatic hydroxyl groups excluding tert-OH is 3. The molecule has 5 N–H and O–H groups in total. The van der Waals surface area contributed by atoms with Crippen molar-refractivity contribution in [3.63, 3.8) is 0 Å². The maximum absolute atomic E-state index is 10.4. The zero-order valence-electron chi connectivity index (χ0n) is 7.63. The lowest BCUT2D eigenvalue weighted by Gasteiger charge is -2.14. The molecule has 0 aromatic rings. The van der Waals surface area contributed by atoms with Gasteiger partial charge in [0.15, 0.2) is 0 Å². The van der Waals surface area contributed by atoms with E-state index in [1.807, 2.05) is 0 Å². The summed E-state index contributed by atoms with van der Waals surface area (Å²) in [4.78, 5) is 16.8. The number of rotatable bonds is 4. The van der Waals surface area contributed by atoms with E-state index in [1.165, 1.54) is 0 Å². The third-order valence-electron chi connectivity index (χ3n) is 2.05. The first kappa shape index (κ1) is 13.0. The third kappa shape index (κ3) is 3.47. The van der Waals surface area contributed by atoms with Gasteiger partial charge in [0.2, 0.25) is 0 Å². The summed E-state index contributed by atoms with van der Waals surface area (Å²) in [5, 5.41) is 27.3. The van der Waals surface area contributed by atoms with Crippen LogP contribution in [0.25, 0.3) is 0 Å². The largest absolute Gasteiger partial charge is 0.469 e. The Morgan fingerprint density at radius 1 is 1.20 bits per heavy atom. The fraction of sp³-hybridized carbons (Fsp3) is 1.00. The molecule has 0 spiro atoms. The van der Waals surface area contributed by atoms with Crippen molar-refractivity contribution in [2.75, 3.05) is 13.2 Å². The molecule has 0 aliphatic carbocycles. The first-order chi connectivity index (χ1) is 6.85. The van der Waals surface area contributed by atoms with E-state index in [4.69, 9.17) is 19.6 Å². The van der Waals surface area contributed by atoms with Crippen LogP contribution in [0.4, 0.5) is 0 Å². The number of ether oxygens (including phenoxy) is 1. The van der Waals surface area contributed by atoms with E-state index in [2.05, 4.69) is 4.52 Å². The Labute approximate surface area is 85.3 Å². The van der Waals surface area contributed by atoms with Gasteiger partial charge in [-0.2, -0.15) is 0 Å². The van der Waals surface area contributed by atoms with Crippen LogP contribution in [0.15, 0.2) is 0 Å². The highest BCUT2D eigenvalue weighted by Crippen LogP contribution is 2.37. The molecular weight excluding hydrogens is 231 g/mol. The maximum atomic E-state index is 10.4. The van der Waals surface area contributed by atoms with Gasteiger partial charge in [0.1, 0.15) is 24.4 Å². The SMILES string of the molecule is O=P(O)(O)OC[C@H]1O[C@@H](CO)[C@H](O)C1O. The Kier molecular flexibility index (Phi) is 4.21. The van der Waals surface area contributed by atoms with Crippen molar-refractivity contribution in [2.45, 2.75) is 24.4 Å². The minimum absolute atomic E-state index is 0.495. The molecule has 0 bridgehead atoms. The first-order valence-corrected chi connectivity index (χ1v) is 5.70. The first-order valence-electron chi connectivity index (χ1n) is 4.17. The molecule has 1 fully saturated rings. The summed E-state index contributed by atoms with van der Waals surface area (Å²) in [6, 6.07) is 0. The molecule has 1 aliphatic heterocycles. The molecule has 0 saturated carbocycles. The van der Waals surface area contributed by atoms with Crippen molar-refractivity contribution in [1.82, 2.24) is 0 Å². The summed E-state index contributed by atoms with van der Waals surface area (Å²) in [6.07, 6.45) is -4.66. The summed E-state index contributed by atoms with van der Waals surface area (Å²) in [5.41, 5.74) is 0. The zero-order chi connectivity index (χ0) is 11.6. The van der Waals surface area contributed by atoms with E-state index in [9.17, 15) is 14.8 Å². The second-order valence-corrected chi connectivity index (χ2v) is 4.40. The van der Waals surface area contributed by atoms with E-state index in [-0.39, 0.29) is 0 Å². The van der Waals surface area contributed by atoms with Crippen LogP contribution in [-0.2, 0) is 13.8 Å². The lowest BCUT2D eigenvalue weighted by molar-refractivity contribution is -0.0388. The zero-order valence-corrected chi connectivity index (χ0v) is 8.53. The predicted molar refractivity (Wildman–Crippen MR) is 45.8 cm³/mol. The van der Waals surface area contributed by atoms with Crippen LogP contribution < -0.4 is 0 Å². The predicted octanol–water partition coefficient (Wildman–Crippen LogP) is -2.42. The summed E-state index contributed by atoms with van der Waals surface area (Å²) < 4.78 is 19.4. The topological polar surface area (TPSA) is 137 Å². The number of aliphatic hydroxyl groups is 3. The molecule has 90 valence electrons. The summed E-state index contributed by atoms with van der Waals surface area (Å²) in [7, 11) is -4.63. The quantitative estimate of drug-likeness (QED) is 0.344. The highest BCUT2D eigenvalue weighted by Gasteiger charge is 2.43. The molecule has 8 nitrogen and oxygen atoms in total. The van der Waals surface area contributed by atoms with Crippen molar-refractivity contribution < 1.29 is 38.9 Å². The number of phosphoric acid groups is 1. The van der Waals surface area contributed by atoms with Crippen LogP contribution in [0.5, 0.6) is 0 Å². The van der Waals surface area contributed by atoms with Crippen LogP contribution in [0, 0.1) is 0 Å². The van der Waals surface area contributed by atoms with Crippen LogP contribution in [0.2, 0.25) is 0 Å². The smallest absolute Gasteiger partial charge is 0.394 e. The van der Waals surface area contributed by atoms with Gasteiger partial charge < -0.3 is 29.8 Å². The molecule has 4 atom stereocenters. The molecule has 1 rings (SSSR count). The fourth-order valence-corrected chi connectivity index (χ4v) is 1.63. The highest BCUT2D eigenvalue weighted by atomic mass is 31.2. The molecule has 1 unspecified atom stereocenters. The maximum Gasteiger partial charge on any atom is 0.469 e. The average molecular weight is 244 g/mol. The lowest BCUT2D eigenvalue weighted by Crippen LogP contribution is -2.35. The van der Waals surface area contributed by atoms with Gasteiger partial charge in [-0.3, -0.25) is 4.52 Å². The molecule has 1 saturated heterocycles. The summed E-state index contributed by atoms with van der Waals surface area (Å²) in [6.45, 7) is -1.05. The van der Waals surface area contributed by atoms with Gasteiger partial charge in [0.05, 0.1) is 13.2 Å². The van der Waals surface area contributed by atoms with Crippen molar-refractivity contribution >= 4 is 7.82 Å². The van der Waals surface area contributed by atoms with Crippen molar-refractivity contribution in [2.24, 2.45) is 0 Å². The summed E-state index contributed by atoms with van der Waals surface area (Å²) in [5.74, 6) is 0. The molecule has 0 amide bonds. The van der Waals surface area contributed by atoms with Gasteiger partial charge in [-0.05, 0) is 0 Å². The lowest BCUT2D eigenvalue weighted by atomic mass is 10.1. The molecule has 1 heterocycles. The van der Waals surface area contributed by atoms with Crippen molar-refractivity contribution in [3.8, 4) is 0 Å². The number of hydrogen-bond acceptors (Lipinski definition) is 6. The van der Waals surface area contributed by atoms with Gasteiger partial charge in [-0.25, -0.2) is 4.57 Å². The van der Waals surface area contributed by atoms with E-state index in [1.54, 1.807) is 0 Å². The molecule has 0 aromatic carbocycles. The molecule has 15 heavy (non-hydrogen) atoms. The normalized spacial score (nSPS) is 37.1. The Hall–Kier alpha value is -0.0500. The monoisotopic (exact) mass is 244 g/mol. The highest BCUT2D eigenvalue weighted by molar-refractivity contribution is 7.46. The van der Waals surface area contributed by atoms with Crippen molar-refractivity contribution in [1.29, 1.82) is 0 Å². The van der Waals surface area contributed by atoms with Crippen LogP contribution in [0.1, 0.15) is 0 Å². The minimum atomic E-state index is -4.63. The Bertz CT molecular complexity index is 252. The Morgan fingerprint density at radius 3 is 2.13 bits per heavy atom. The summed E-state index contributed by atoms with van der Waals surface area (Å²) >= 11 is 0. The second kappa shape index (κ2) is 4.86. The van der Waals surface area contributed by atoms with Crippen LogP contribution >= 0.6 is 7.82 Å². The molecule has 0 aromatic heterocycles. The average Bonchev–Trinajstić information content (AvgIpc) is 2.40. The molecule has 1 aliphatic rings. The van der Waals surface area contributed by atoms with Gasteiger partial charge in [-0.1, -0.05) is 0 Å². The molecule has 0 radical (unpaired) electrons. The third-order valence-corrected chi connectivity index (χ3v) is 2.53. The number of hydrogen-bond donors (Lipinski definition) is 5. The van der Waals surface area contributed by atoms with E-state index in [0.29, 0.717) is 0 Å². The van der Waals surface area contributed by atoms with Crippen LogP contribution in [0.3, 0.4) is 0 Å². The number of phosphoric ester groups is 1. The van der Waals surface area contributed by atoms with Gasteiger partial charge in [-0.15, -0.1) is 0 Å². The van der Waals surface area contributed by atoms with E-state index >= 15 is 0 Å². The fourth-order valence-electron chi connectivity index (χ4n) is 1.28. The minimum Gasteiger partial charge on any atom is -0.394 e. The van der Waals surface area contributed by atoms with Gasteiger partial charge in [0.25, 0.3) is 0 Å². The van der Waals surface area contributed by atoms with E-state index in [0.717, 1.165) is 0 Å². The van der Waals surface area contributed by atoms with Crippen molar-refractivity contribution in [3.05, 3.63) is 0 Å². The van der Waals surface area contributed by atoms with Crippen LogP contribution in [-0.4, -0.2) is 62.7 Å². The Morgan fingerprint density at radius 2 is 1.73 bits per heavy atom. The van der Waals surface area contributed by atoms with Gasteiger partial charge in [0, 0.05) is 0 Å². The Balaban J connectivity index is 2.47. The van der Waals surface area contributed by atoms with Gasteiger partial charge >= 0.3 is 7.82 Å².